The summed E-state index contributed by atoms with van der Waals surface area (Å²) in [5, 5.41) is 2.96. The second-order valence-electron chi connectivity index (χ2n) is 6.91. The molecule has 1 fully saturated rings. The van der Waals surface area contributed by atoms with Gasteiger partial charge in [0.15, 0.2) is 0 Å². The van der Waals surface area contributed by atoms with Crippen LogP contribution >= 0.6 is 0 Å². The SMILES string of the molecule is CCOc1ccc(NC(=O)CN2CCN(Cc3ccc(OC)cc3)CC2)cc1. The van der Waals surface area contributed by atoms with E-state index in [9.17, 15) is 4.79 Å². The quantitative estimate of drug-likeness (QED) is 0.760. The fraction of sp³-hybridized carbons (Fsp3) is 0.409. The lowest BCUT2D eigenvalue weighted by Crippen LogP contribution is -2.48. The summed E-state index contributed by atoms with van der Waals surface area (Å²) < 4.78 is 10.6. The van der Waals surface area contributed by atoms with Crippen molar-refractivity contribution in [1.82, 2.24) is 9.80 Å². The number of benzene rings is 2. The van der Waals surface area contributed by atoms with E-state index in [1.165, 1.54) is 5.56 Å². The molecule has 28 heavy (non-hydrogen) atoms. The Morgan fingerprint density at radius 2 is 1.54 bits per heavy atom. The first kappa shape index (κ1) is 20.2. The van der Waals surface area contributed by atoms with E-state index in [-0.39, 0.29) is 5.91 Å². The Labute approximate surface area is 167 Å². The van der Waals surface area contributed by atoms with Crippen LogP contribution in [0.4, 0.5) is 5.69 Å². The molecular formula is C22H29N3O3. The van der Waals surface area contributed by atoms with E-state index in [0.29, 0.717) is 13.2 Å². The lowest BCUT2D eigenvalue weighted by molar-refractivity contribution is -0.117. The van der Waals surface area contributed by atoms with Crippen LogP contribution < -0.4 is 14.8 Å². The highest BCUT2D eigenvalue weighted by molar-refractivity contribution is 5.92. The lowest BCUT2D eigenvalue weighted by atomic mass is 10.2. The van der Waals surface area contributed by atoms with Crippen molar-refractivity contribution in [2.24, 2.45) is 0 Å². The van der Waals surface area contributed by atoms with Crippen LogP contribution in [0.2, 0.25) is 0 Å². The molecule has 0 unspecified atom stereocenters. The number of rotatable bonds is 8. The number of hydrogen-bond acceptors (Lipinski definition) is 5. The largest absolute Gasteiger partial charge is 0.497 e. The van der Waals surface area contributed by atoms with Crippen molar-refractivity contribution in [2.75, 3.05) is 51.8 Å². The zero-order chi connectivity index (χ0) is 19.8. The third-order valence-corrected chi connectivity index (χ3v) is 4.85. The second-order valence-corrected chi connectivity index (χ2v) is 6.91. The zero-order valence-corrected chi connectivity index (χ0v) is 16.7. The predicted octanol–water partition coefficient (Wildman–Crippen LogP) is 2.85. The van der Waals surface area contributed by atoms with Gasteiger partial charge in [0.2, 0.25) is 5.91 Å². The number of nitrogens with zero attached hydrogens (tertiary/aromatic N) is 2. The summed E-state index contributed by atoms with van der Waals surface area (Å²) in [6.45, 7) is 7.65. The van der Waals surface area contributed by atoms with Gasteiger partial charge in [-0.1, -0.05) is 12.1 Å². The molecule has 2 aromatic carbocycles. The molecule has 6 heteroatoms. The summed E-state index contributed by atoms with van der Waals surface area (Å²) in [5.41, 5.74) is 2.08. The van der Waals surface area contributed by atoms with E-state index in [1.54, 1.807) is 7.11 Å². The van der Waals surface area contributed by atoms with Gasteiger partial charge in [0.05, 0.1) is 20.3 Å². The number of carbonyl (C=O) groups excluding carboxylic acids is 1. The van der Waals surface area contributed by atoms with Crippen LogP contribution in [-0.2, 0) is 11.3 Å². The molecule has 1 heterocycles. The van der Waals surface area contributed by atoms with Crippen LogP contribution in [0.15, 0.2) is 48.5 Å². The Hall–Kier alpha value is -2.57. The van der Waals surface area contributed by atoms with Gasteiger partial charge in [-0.3, -0.25) is 14.6 Å². The summed E-state index contributed by atoms with van der Waals surface area (Å²) in [6, 6.07) is 15.7. The van der Waals surface area contributed by atoms with E-state index in [1.807, 2.05) is 43.3 Å². The highest BCUT2D eigenvalue weighted by Crippen LogP contribution is 2.16. The molecule has 6 nitrogen and oxygen atoms in total. The number of amides is 1. The lowest BCUT2D eigenvalue weighted by Gasteiger charge is -2.34. The molecule has 0 aliphatic carbocycles. The van der Waals surface area contributed by atoms with Crippen molar-refractivity contribution >= 4 is 11.6 Å². The molecule has 150 valence electrons. The third kappa shape index (κ3) is 5.97. The minimum absolute atomic E-state index is 0.0211. The summed E-state index contributed by atoms with van der Waals surface area (Å²) in [5.74, 6) is 1.72. The highest BCUT2D eigenvalue weighted by atomic mass is 16.5. The Morgan fingerprint density at radius 1 is 0.929 bits per heavy atom. The number of carbonyl (C=O) groups is 1. The van der Waals surface area contributed by atoms with Gasteiger partial charge in [0.1, 0.15) is 11.5 Å². The third-order valence-electron chi connectivity index (χ3n) is 4.85. The normalized spacial score (nSPS) is 15.2. The van der Waals surface area contributed by atoms with Gasteiger partial charge in [-0.15, -0.1) is 0 Å². The fourth-order valence-corrected chi connectivity index (χ4v) is 3.30. The Balaban J connectivity index is 1.40. The molecular weight excluding hydrogens is 354 g/mol. The topological polar surface area (TPSA) is 54.0 Å². The maximum Gasteiger partial charge on any atom is 0.238 e. The van der Waals surface area contributed by atoms with Crippen molar-refractivity contribution in [1.29, 1.82) is 0 Å². The number of hydrogen-bond donors (Lipinski definition) is 1. The molecule has 1 saturated heterocycles. The number of anilines is 1. The maximum atomic E-state index is 12.3. The summed E-state index contributed by atoms with van der Waals surface area (Å²) in [6.07, 6.45) is 0. The fourth-order valence-electron chi connectivity index (χ4n) is 3.30. The summed E-state index contributed by atoms with van der Waals surface area (Å²) in [4.78, 5) is 16.9. The smallest absolute Gasteiger partial charge is 0.238 e. The van der Waals surface area contributed by atoms with Crippen molar-refractivity contribution in [3.8, 4) is 11.5 Å². The second kappa shape index (κ2) is 10.1. The van der Waals surface area contributed by atoms with Crippen molar-refractivity contribution in [3.05, 3.63) is 54.1 Å². The van der Waals surface area contributed by atoms with Crippen LogP contribution in [-0.4, -0.2) is 62.1 Å². The maximum absolute atomic E-state index is 12.3. The van der Waals surface area contributed by atoms with Gasteiger partial charge < -0.3 is 14.8 Å². The molecule has 0 bridgehead atoms. The molecule has 1 amide bonds. The molecule has 2 aromatic rings. The number of nitrogens with one attached hydrogen (secondary N) is 1. The van der Waals surface area contributed by atoms with E-state index in [2.05, 4.69) is 27.2 Å². The molecule has 0 spiro atoms. The van der Waals surface area contributed by atoms with E-state index >= 15 is 0 Å². The van der Waals surface area contributed by atoms with Gasteiger partial charge in [-0.25, -0.2) is 0 Å². The Kier molecular flexibility index (Phi) is 7.28. The first-order valence-corrected chi connectivity index (χ1v) is 9.76. The standard InChI is InChI=1S/C22H29N3O3/c1-3-28-21-10-6-19(7-11-21)23-22(26)17-25-14-12-24(13-15-25)16-18-4-8-20(27-2)9-5-18/h4-11H,3,12-17H2,1-2H3,(H,23,26). The van der Waals surface area contributed by atoms with E-state index in [0.717, 1.165) is 49.9 Å². The number of ether oxygens (including phenoxy) is 2. The molecule has 3 rings (SSSR count). The highest BCUT2D eigenvalue weighted by Gasteiger charge is 2.19. The molecule has 0 saturated carbocycles. The van der Waals surface area contributed by atoms with E-state index < -0.39 is 0 Å². The molecule has 1 aliphatic heterocycles. The van der Waals surface area contributed by atoms with Gasteiger partial charge in [0.25, 0.3) is 0 Å². The minimum Gasteiger partial charge on any atom is -0.497 e. The first-order valence-electron chi connectivity index (χ1n) is 9.76. The van der Waals surface area contributed by atoms with Crippen LogP contribution in [0.3, 0.4) is 0 Å². The van der Waals surface area contributed by atoms with Crippen molar-refractivity contribution < 1.29 is 14.3 Å². The number of methoxy groups -OCH3 is 1. The Morgan fingerprint density at radius 3 is 2.14 bits per heavy atom. The predicted molar refractivity (Wildman–Crippen MR) is 111 cm³/mol. The number of piperazine rings is 1. The van der Waals surface area contributed by atoms with Crippen molar-refractivity contribution in [3.63, 3.8) is 0 Å². The molecule has 0 radical (unpaired) electrons. The van der Waals surface area contributed by atoms with Crippen LogP contribution in [0.5, 0.6) is 11.5 Å². The molecule has 1 aliphatic rings. The summed E-state index contributed by atoms with van der Waals surface area (Å²) in [7, 11) is 1.68. The Bertz CT molecular complexity index is 739. The first-order chi connectivity index (χ1) is 13.7. The minimum atomic E-state index is 0.0211. The summed E-state index contributed by atoms with van der Waals surface area (Å²) >= 11 is 0. The van der Waals surface area contributed by atoms with Crippen molar-refractivity contribution in [2.45, 2.75) is 13.5 Å². The van der Waals surface area contributed by atoms with Crippen LogP contribution in [0, 0.1) is 0 Å². The van der Waals surface area contributed by atoms with Gasteiger partial charge >= 0.3 is 0 Å². The molecule has 1 N–H and O–H groups in total. The molecule has 0 atom stereocenters. The van der Waals surface area contributed by atoms with Gasteiger partial charge in [0, 0.05) is 38.4 Å². The average Bonchev–Trinajstić information content (AvgIpc) is 2.72. The zero-order valence-electron chi connectivity index (χ0n) is 16.7. The van der Waals surface area contributed by atoms with Crippen LogP contribution in [0.1, 0.15) is 12.5 Å². The van der Waals surface area contributed by atoms with Gasteiger partial charge in [-0.2, -0.15) is 0 Å². The monoisotopic (exact) mass is 383 g/mol. The van der Waals surface area contributed by atoms with Gasteiger partial charge in [-0.05, 0) is 48.9 Å². The average molecular weight is 383 g/mol. The molecule has 0 aromatic heterocycles. The van der Waals surface area contributed by atoms with Crippen LogP contribution in [0.25, 0.3) is 0 Å². The van der Waals surface area contributed by atoms with E-state index in [4.69, 9.17) is 9.47 Å².